The minimum atomic E-state index is 0.539. The Hall–Kier alpha value is -1.39. The summed E-state index contributed by atoms with van der Waals surface area (Å²) >= 11 is 1.56. The maximum Gasteiger partial charge on any atom is 0.192 e. The van der Waals surface area contributed by atoms with Gasteiger partial charge in [-0.25, -0.2) is 9.97 Å². The average Bonchev–Trinajstić information content (AvgIpc) is 2.33. The fraction of sp³-hybridized carbons (Fsp3) is 0.167. The Kier molecular flexibility index (Phi) is 3.54. The third kappa shape index (κ3) is 2.40. The first-order valence-corrected chi connectivity index (χ1v) is 5.86. The molecule has 1 aromatic carbocycles. The number of hydrogen-bond donors (Lipinski definition) is 1. The van der Waals surface area contributed by atoms with Crippen LogP contribution in [0.1, 0.15) is 11.1 Å². The lowest BCUT2D eigenvalue weighted by atomic mass is 10.1. The van der Waals surface area contributed by atoms with Crippen molar-refractivity contribution in [2.45, 2.75) is 23.5 Å². The highest BCUT2D eigenvalue weighted by molar-refractivity contribution is 7.99. The number of aromatic nitrogens is 2. The van der Waals surface area contributed by atoms with Gasteiger partial charge < -0.3 is 5.73 Å². The van der Waals surface area contributed by atoms with E-state index in [0.717, 1.165) is 15.6 Å². The lowest BCUT2D eigenvalue weighted by molar-refractivity contribution is 0.956. The van der Waals surface area contributed by atoms with Crippen LogP contribution in [0.15, 0.2) is 46.7 Å². The van der Waals surface area contributed by atoms with Crippen LogP contribution >= 0.6 is 11.8 Å². The predicted octanol–water partition coefficient (Wildman–Crippen LogP) is 2.39. The van der Waals surface area contributed by atoms with Gasteiger partial charge in [-0.2, -0.15) is 0 Å². The van der Waals surface area contributed by atoms with Gasteiger partial charge in [-0.15, -0.1) is 0 Å². The van der Waals surface area contributed by atoms with Gasteiger partial charge in [0.1, 0.15) is 0 Å². The molecule has 0 atom stereocenters. The van der Waals surface area contributed by atoms with Crippen molar-refractivity contribution in [3.63, 3.8) is 0 Å². The molecule has 0 spiro atoms. The molecule has 0 radical (unpaired) electrons. The second kappa shape index (κ2) is 5.09. The molecule has 0 fully saturated rings. The topological polar surface area (TPSA) is 51.8 Å². The lowest BCUT2D eigenvalue weighted by Gasteiger charge is -2.09. The van der Waals surface area contributed by atoms with Crippen LogP contribution in [0.3, 0.4) is 0 Å². The minimum Gasteiger partial charge on any atom is -0.326 e. The van der Waals surface area contributed by atoms with E-state index in [4.69, 9.17) is 5.73 Å². The molecule has 16 heavy (non-hydrogen) atoms. The number of rotatable bonds is 3. The van der Waals surface area contributed by atoms with Crippen LogP contribution in [0.4, 0.5) is 0 Å². The van der Waals surface area contributed by atoms with Gasteiger partial charge in [0.25, 0.3) is 0 Å². The third-order valence-corrected chi connectivity index (χ3v) is 3.43. The molecule has 0 aliphatic carbocycles. The van der Waals surface area contributed by atoms with Crippen molar-refractivity contribution in [3.05, 3.63) is 47.8 Å². The summed E-state index contributed by atoms with van der Waals surface area (Å²) in [5.74, 6) is 0. The van der Waals surface area contributed by atoms with E-state index in [2.05, 4.69) is 23.0 Å². The van der Waals surface area contributed by atoms with Crippen LogP contribution in [0.25, 0.3) is 0 Å². The minimum absolute atomic E-state index is 0.539. The van der Waals surface area contributed by atoms with E-state index < -0.39 is 0 Å². The van der Waals surface area contributed by atoms with Crippen LogP contribution in [-0.4, -0.2) is 9.97 Å². The highest BCUT2D eigenvalue weighted by Gasteiger charge is 2.07. The van der Waals surface area contributed by atoms with Gasteiger partial charge in [0.15, 0.2) is 5.16 Å². The smallest absolute Gasteiger partial charge is 0.192 e. The van der Waals surface area contributed by atoms with Crippen molar-refractivity contribution in [3.8, 4) is 0 Å². The summed E-state index contributed by atoms with van der Waals surface area (Å²) in [6, 6.07) is 7.95. The largest absolute Gasteiger partial charge is 0.326 e. The number of hydrogen-bond acceptors (Lipinski definition) is 4. The van der Waals surface area contributed by atoms with E-state index >= 15 is 0 Å². The quantitative estimate of drug-likeness (QED) is 0.824. The molecule has 0 saturated heterocycles. The first kappa shape index (κ1) is 11.1. The van der Waals surface area contributed by atoms with E-state index in [0.29, 0.717) is 6.54 Å². The maximum absolute atomic E-state index is 5.72. The zero-order valence-electron chi connectivity index (χ0n) is 9.05. The monoisotopic (exact) mass is 231 g/mol. The summed E-state index contributed by atoms with van der Waals surface area (Å²) < 4.78 is 0. The Morgan fingerprint density at radius 1 is 1.19 bits per heavy atom. The maximum atomic E-state index is 5.72. The molecule has 82 valence electrons. The van der Waals surface area contributed by atoms with Crippen molar-refractivity contribution in [1.82, 2.24) is 9.97 Å². The summed E-state index contributed by atoms with van der Waals surface area (Å²) in [6.45, 7) is 2.61. The Balaban J connectivity index is 2.34. The summed E-state index contributed by atoms with van der Waals surface area (Å²) in [7, 11) is 0. The van der Waals surface area contributed by atoms with Gasteiger partial charge in [-0.3, -0.25) is 0 Å². The molecule has 0 aliphatic rings. The second-order valence-corrected chi connectivity index (χ2v) is 4.38. The van der Waals surface area contributed by atoms with Crippen molar-refractivity contribution in [1.29, 1.82) is 0 Å². The van der Waals surface area contributed by atoms with E-state index in [1.54, 1.807) is 24.2 Å². The number of nitrogens with two attached hydrogens (primary N) is 1. The Labute approximate surface area is 99.1 Å². The number of benzene rings is 1. The van der Waals surface area contributed by atoms with Crippen LogP contribution < -0.4 is 5.73 Å². The highest BCUT2D eigenvalue weighted by Crippen LogP contribution is 2.30. The lowest BCUT2D eigenvalue weighted by Crippen LogP contribution is -2.00. The van der Waals surface area contributed by atoms with E-state index in [9.17, 15) is 0 Å². The summed E-state index contributed by atoms with van der Waals surface area (Å²) in [4.78, 5) is 9.57. The number of nitrogens with zero attached hydrogens (tertiary/aromatic N) is 2. The molecule has 1 heterocycles. The molecule has 3 nitrogen and oxygen atoms in total. The average molecular weight is 231 g/mol. The third-order valence-electron chi connectivity index (χ3n) is 2.25. The van der Waals surface area contributed by atoms with Gasteiger partial charge in [-0.1, -0.05) is 18.2 Å². The molecule has 0 saturated carbocycles. The van der Waals surface area contributed by atoms with Gasteiger partial charge in [0, 0.05) is 23.8 Å². The Bertz CT molecular complexity index is 471. The fourth-order valence-electron chi connectivity index (χ4n) is 1.45. The molecule has 0 aliphatic heterocycles. The summed E-state index contributed by atoms with van der Waals surface area (Å²) in [5.41, 5.74) is 8.06. The molecular formula is C12H13N3S. The molecule has 2 aromatic rings. The van der Waals surface area contributed by atoms with E-state index in [1.807, 2.05) is 18.2 Å². The second-order valence-electron chi connectivity index (χ2n) is 3.40. The van der Waals surface area contributed by atoms with Crippen molar-refractivity contribution in [2.75, 3.05) is 0 Å². The van der Waals surface area contributed by atoms with Crippen LogP contribution in [0.5, 0.6) is 0 Å². The molecular weight excluding hydrogens is 218 g/mol. The van der Waals surface area contributed by atoms with Crippen LogP contribution in [-0.2, 0) is 6.54 Å². The molecule has 0 amide bonds. The van der Waals surface area contributed by atoms with Gasteiger partial charge >= 0.3 is 0 Å². The SMILES string of the molecule is Cc1cccc(CN)c1Sc1ncccn1. The normalized spacial score (nSPS) is 10.4. The zero-order valence-corrected chi connectivity index (χ0v) is 9.87. The first-order chi connectivity index (χ1) is 7.81. The molecule has 4 heteroatoms. The van der Waals surface area contributed by atoms with Crippen molar-refractivity contribution < 1.29 is 0 Å². The van der Waals surface area contributed by atoms with Crippen molar-refractivity contribution in [2.24, 2.45) is 5.73 Å². The summed E-state index contributed by atoms with van der Waals surface area (Å²) in [5, 5.41) is 0.756. The standard InChI is InChI=1S/C12H13N3S/c1-9-4-2-5-10(8-13)11(9)16-12-14-6-3-7-15-12/h2-7H,8,13H2,1H3. The molecule has 0 bridgehead atoms. The van der Waals surface area contributed by atoms with Crippen molar-refractivity contribution >= 4 is 11.8 Å². The molecule has 2 N–H and O–H groups in total. The highest BCUT2D eigenvalue weighted by atomic mass is 32.2. The first-order valence-electron chi connectivity index (χ1n) is 5.04. The molecule has 2 rings (SSSR count). The van der Waals surface area contributed by atoms with Crippen LogP contribution in [0.2, 0.25) is 0 Å². The summed E-state index contributed by atoms with van der Waals surface area (Å²) in [6.07, 6.45) is 3.49. The predicted molar refractivity (Wildman–Crippen MR) is 65.2 cm³/mol. The molecule has 0 unspecified atom stereocenters. The number of aryl methyl sites for hydroxylation is 1. The molecule has 1 aromatic heterocycles. The van der Waals surface area contributed by atoms with E-state index in [-0.39, 0.29) is 0 Å². The van der Waals surface area contributed by atoms with E-state index in [1.165, 1.54) is 5.56 Å². The van der Waals surface area contributed by atoms with Gasteiger partial charge in [-0.05, 0) is 35.9 Å². The van der Waals surface area contributed by atoms with Crippen LogP contribution in [0, 0.1) is 6.92 Å². The van der Waals surface area contributed by atoms with Gasteiger partial charge in [0.05, 0.1) is 0 Å². The zero-order chi connectivity index (χ0) is 11.4. The van der Waals surface area contributed by atoms with Gasteiger partial charge in [0.2, 0.25) is 0 Å². The Morgan fingerprint density at radius 2 is 1.94 bits per heavy atom. The fourth-order valence-corrected chi connectivity index (χ4v) is 2.37. The Morgan fingerprint density at radius 3 is 2.62 bits per heavy atom.